The maximum absolute atomic E-state index is 12.3. The molecule has 0 aliphatic carbocycles. The minimum Gasteiger partial charge on any atom is -0.459 e. The predicted molar refractivity (Wildman–Crippen MR) is 210 cm³/mol. The van der Waals surface area contributed by atoms with Gasteiger partial charge in [-0.3, -0.25) is 4.79 Å². The molecule has 0 saturated carbocycles. The Labute approximate surface area is 344 Å². The van der Waals surface area contributed by atoms with Crippen LogP contribution < -0.4 is 0 Å². The lowest BCUT2D eigenvalue weighted by Crippen LogP contribution is -2.65. The molecule has 10 aliphatic rings. The predicted octanol–water partition coefficient (Wildman–Crippen LogP) is 5.83. The maximum Gasteiger partial charge on any atom is 0.308 e. The zero-order chi connectivity index (χ0) is 39.9. The highest BCUT2D eigenvalue weighted by molar-refractivity contribution is 5.72. The quantitative estimate of drug-likeness (QED) is 0.234. The summed E-state index contributed by atoms with van der Waals surface area (Å²) in [6.45, 7) is 10.9. The third-order valence-corrected chi connectivity index (χ3v) is 15.6. The second-order valence-corrected chi connectivity index (χ2v) is 20.4. The van der Waals surface area contributed by atoms with Crippen molar-refractivity contribution in [2.45, 2.75) is 246 Å². The van der Waals surface area contributed by atoms with Crippen molar-refractivity contribution in [3.63, 3.8) is 0 Å². The van der Waals surface area contributed by atoms with Gasteiger partial charge in [-0.15, -0.1) is 0 Å². The van der Waals surface area contributed by atoms with Crippen LogP contribution in [0.2, 0.25) is 0 Å². The molecule has 10 rings (SSSR count). The van der Waals surface area contributed by atoms with Gasteiger partial charge >= 0.3 is 5.97 Å². The first-order chi connectivity index (χ1) is 27.9. The van der Waals surface area contributed by atoms with Crippen LogP contribution in [0.25, 0.3) is 0 Å². The summed E-state index contributed by atoms with van der Waals surface area (Å²) in [6.07, 6.45) is 16.5. The molecule has 0 spiro atoms. The van der Waals surface area contributed by atoms with E-state index in [2.05, 4.69) is 52.0 Å². The van der Waals surface area contributed by atoms with Crippen molar-refractivity contribution < 1.29 is 57.3 Å². The van der Waals surface area contributed by atoms with Gasteiger partial charge in [-0.1, -0.05) is 38.2 Å². The fourth-order valence-electron chi connectivity index (χ4n) is 12.8. The highest BCUT2D eigenvalue weighted by atomic mass is 16.6. The van der Waals surface area contributed by atoms with Gasteiger partial charge in [0.15, 0.2) is 0 Å². The summed E-state index contributed by atoms with van der Waals surface area (Å²) < 4.78 is 67.8. The van der Waals surface area contributed by atoms with Gasteiger partial charge in [-0.2, -0.15) is 0 Å². The van der Waals surface area contributed by atoms with Crippen molar-refractivity contribution in [3.8, 4) is 0 Å². The minimum atomic E-state index is -0.564. The number of fused-ring (bicyclic) bond motifs is 9. The second-order valence-electron chi connectivity index (χ2n) is 20.4. The number of hydrogen-bond acceptors (Lipinski definition) is 12. The molecule has 0 amide bonds. The number of ether oxygens (including phenoxy) is 10. The van der Waals surface area contributed by atoms with Crippen LogP contribution in [0.5, 0.6) is 0 Å². The fraction of sp³-hybridized carbons (Fsp3) is 0.891. The molecule has 1 N–H and O–H groups in total. The lowest BCUT2D eigenvalue weighted by Gasteiger charge is -2.55. The number of carbonyl (C=O) groups excluding carboxylic acids is 1. The van der Waals surface area contributed by atoms with E-state index in [0.29, 0.717) is 31.6 Å². The number of hydrogen-bond donors (Lipinski definition) is 1. The minimum absolute atomic E-state index is 0.0130. The lowest BCUT2D eigenvalue weighted by atomic mass is 9.78. The number of esters is 1. The molecule has 324 valence electrons. The maximum atomic E-state index is 12.3. The molecule has 0 aromatic rings. The summed E-state index contributed by atoms with van der Waals surface area (Å²) in [5, 5.41) is 10.9. The lowest BCUT2D eigenvalue weighted by molar-refractivity contribution is -0.315. The summed E-state index contributed by atoms with van der Waals surface area (Å²) in [6, 6.07) is 0. The first-order valence-electron chi connectivity index (χ1n) is 23.0. The van der Waals surface area contributed by atoms with E-state index in [1.165, 1.54) is 0 Å². The van der Waals surface area contributed by atoms with Crippen molar-refractivity contribution in [2.75, 3.05) is 0 Å². The summed E-state index contributed by atoms with van der Waals surface area (Å²) in [7, 11) is 0. The Morgan fingerprint density at radius 3 is 2.17 bits per heavy atom. The van der Waals surface area contributed by atoms with Crippen LogP contribution in [0.15, 0.2) is 24.3 Å². The summed E-state index contributed by atoms with van der Waals surface area (Å²) >= 11 is 0. The molecular weight excluding hydrogens is 744 g/mol. The Balaban J connectivity index is 0.837. The Morgan fingerprint density at radius 1 is 0.586 bits per heavy atom. The third kappa shape index (κ3) is 7.81. The Hall–Kier alpha value is -1.45. The molecule has 12 nitrogen and oxygen atoms in total. The standard InChI is InChI=1S/C46H68O12/c1-24-16-33-36(21-42(48)54-33)53-41-20-35-37(58-45(41,4)22-24)17-25(2)43-32(51-35)11-7-6-10-28-29(55-43)12-8-14-31-30(50-28)13-9-15-40-46(5,57-31)23-39-34(52-40)19-38-44(56-39)27(47)18-26(3)49-38/h6-8,14,24-41,43-44,47H,9-13,15-23H2,1-5H3/b7-6-,14-8-. The van der Waals surface area contributed by atoms with E-state index in [1.54, 1.807) is 0 Å². The van der Waals surface area contributed by atoms with Crippen LogP contribution >= 0.6 is 0 Å². The van der Waals surface area contributed by atoms with Crippen molar-refractivity contribution in [2.24, 2.45) is 11.8 Å². The van der Waals surface area contributed by atoms with E-state index in [-0.39, 0.29) is 116 Å². The molecule has 10 aliphatic heterocycles. The van der Waals surface area contributed by atoms with E-state index in [0.717, 1.165) is 64.2 Å². The molecule has 58 heavy (non-hydrogen) atoms. The van der Waals surface area contributed by atoms with Gasteiger partial charge in [0.2, 0.25) is 0 Å². The van der Waals surface area contributed by atoms with Gasteiger partial charge in [0.05, 0.1) is 103 Å². The van der Waals surface area contributed by atoms with Gasteiger partial charge in [-0.25, -0.2) is 0 Å². The zero-order valence-corrected chi connectivity index (χ0v) is 35.2. The highest BCUT2D eigenvalue weighted by Crippen LogP contribution is 2.48. The van der Waals surface area contributed by atoms with Crippen molar-refractivity contribution in [3.05, 3.63) is 24.3 Å². The van der Waals surface area contributed by atoms with Crippen LogP contribution in [0.3, 0.4) is 0 Å². The van der Waals surface area contributed by atoms with E-state index in [1.807, 2.05) is 6.92 Å². The van der Waals surface area contributed by atoms with E-state index in [9.17, 15) is 9.90 Å². The first-order valence-corrected chi connectivity index (χ1v) is 23.0. The molecule has 22 unspecified atom stereocenters. The summed E-state index contributed by atoms with van der Waals surface area (Å²) in [4.78, 5) is 12.3. The fourth-order valence-corrected chi connectivity index (χ4v) is 12.8. The van der Waals surface area contributed by atoms with E-state index in [4.69, 9.17) is 47.4 Å². The van der Waals surface area contributed by atoms with Crippen LogP contribution in [-0.2, 0) is 52.2 Å². The number of carbonyl (C=O) groups is 1. The SMILES string of the molecule is CC1CC2OC(=O)CC2OC2CC3OC4C/C=C\CC5OC6CCCC7OC8CC9OC(C)CC(O)C9OC8CC7(C)OC6/C=C\CC5OC4C(C)CC3OC2(C)C1. The topological polar surface area (TPSA) is 130 Å². The molecule has 0 radical (unpaired) electrons. The Kier molecular flexibility index (Phi) is 11.2. The average Bonchev–Trinajstić information content (AvgIpc) is 3.46. The van der Waals surface area contributed by atoms with Crippen molar-refractivity contribution in [1.29, 1.82) is 0 Å². The number of aliphatic hydroxyl groups is 1. The molecule has 0 aromatic carbocycles. The van der Waals surface area contributed by atoms with Gasteiger partial charge in [0.25, 0.3) is 0 Å². The molecule has 10 heterocycles. The normalized spacial score (nSPS) is 56.8. The van der Waals surface area contributed by atoms with Crippen LogP contribution in [0, 0.1) is 11.8 Å². The van der Waals surface area contributed by atoms with Crippen LogP contribution in [-0.4, -0.2) is 132 Å². The highest BCUT2D eigenvalue weighted by Gasteiger charge is 2.57. The smallest absolute Gasteiger partial charge is 0.308 e. The van der Waals surface area contributed by atoms with Crippen LogP contribution in [0.1, 0.15) is 125 Å². The molecule has 0 bridgehead atoms. The van der Waals surface area contributed by atoms with Crippen LogP contribution in [0.4, 0.5) is 0 Å². The Bertz CT molecular complexity index is 1560. The molecule has 12 heteroatoms. The first kappa shape index (κ1) is 40.6. The van der Waals surface area contributed by atoms with Gasteiger partial charge < -0.3 is 52.5 Å². The number of rotatable bonds is 0. The molecule has 0 aromatic heterocycles. The zero-order valence-electron chi connectivity index (χ0n) is 35.2. The average molecular weight is 813 g/mol. The van der Waals surface area contributed by atoms with Gasteiger partial charge in [0.1, 0.15) is 24.4 Å². The Morgan fingerprint density at radius 2 is 1.31 bits per heavy atom. The molecule has 22 atom stereocenters. The van der Waals surface area contributed by atoms with Gasteiger partial charge in [-0.05, 0) is 90.4 Å². The summed E-state index contributed by atoms with van der Waals surface area (Å²) in [5.41, 5.74) is -1.03. The second kappa shape index (κ2) is 16.0. The molecular formula is C46H68O12. The molecule has 8 saturated heterocycles. The third-order valence-electron chi connectivity index (χ3n) is 15.6. The summed E-state index contributed by atoms with van der Waals surface area (Å²) in [5.74, 6) is 0.373. The van der Waals surface area contributed by atoms with Crippen molar-refractivity contribution >= 4 is 5.97 Å². The van der Waals surface area contributed by atoms with Gasteiger partial charge in [0, 0.05) is 25.7 Å². The monoisotopic (exact) mass is 812 g/mol. The largest absolute Gasteiger partial charge is 0.459 e. The number of aliphatic hydroxyl groups excluding tert-OH is 1. The van der Waals surface area contributed by atoms with E-state index < -0.39 is 17.3 Å². The van der Waals surface area contributed by atoms with E-state index >= 15 is 0 Å². The molecule has 8 fully saturated rings. The van der Waals surface area contributed by atoms with Crippen molar-refractivity contribution in [1.82, 2.24) is 0 Å².